The third-order valence-corrected chi connectivity index (χ3v) is 1.33. The van der Waals surface area contributed by atoms with Crippen LogP contribution in [0.4, 0.5) is 0 Å². The minimum absolute atomic E-state index is 0.322. The lowest BCUT2D eigenvalue weighted by molar-refractivity contribution is 0.475. The highest BCUT2D eigenvalue weighted by Gasteiger charge is 1.74. The molecule has 0 saturated carbocycles. The molecular formula is C12H16O. The third kappa shape index (κ3) is 8.41. The Hall–Kier alpha value is -1.50. The molecule has 0 aliphatic carbocycles. The number of hydrogen-bond acceptors (Lipinski definition) is 1. The molecule has 13 heavy (non-hydrogen) atoms. The molecule has 0 heterocycles. The van der Waals surface area contributed by atoms with E-state index in [4.69, 9.17) is 5.11 Å². The monoisotopic (exact) mass is 176 g/mol. The number of phenolic OH excluding ortho intramolecular Hbond substituents is 1. The van der Waals surface area contributed by atoms with Crippen LogP contribution in [0.5, 0.6) is 5.75 Å². The molecule has 1 aromatic rings. The average Bonchev–Trinajstić information content (AvgIpc) is 2.17. The Labute approximate surface area is 80.0 Å². The van der Waals surface area contributed by atoms with Crippen molar-refractivity contribution in [2.45, 2.75) is 12.8 Å². The van der Waals surface area contributed by atoms with E-state index in [0.29, 0.717) is 5.75 Å². The Bertz CT molecular complexity index is 218. The average molecular weight is 176 g/mol. The first-order chi connectivity index (χ1) is 6.31. The van der Waals surface area contributed by atoms with E-state index >= 15 is 0 Å². The van der Waals surface area contributed by atoms with Gasteiger partial charge < -0.3 is 5.11 Å². The van der Waals surface area contributed by atoms with Gasteiger partial charge in [-0.25, -0.2) is 0 Å². The fraction of sp³-hybridized carbons (Fsp3) is 0.167. The Kier molecular flexibility index (Phi) is 7.60. The van der Waals surface area contributed by atoms with E-state index in [1.165, 1.54) is 0 Å². The molecule has 70 valence electrons. The topological polar surface area (TPSA) is 20.2 Å². The van der Waals surface area contributed by atoms with Gasteiger partial charge in [-0.2, -0.15) is 0 Å². The lowest BCUT2D eigenvalue weighted by Crippen LogP contribution is -1.56. The number of hydrogen-bond donors (Lipinski definition) is 1. The summed E-state index contributed by atoms with van der Waals surface area (Å²) in [5, 5.41) is 8.63. The molecule has 0 aliphatic heterocycles. The zero-order chi connectivity index (χ0) is 9.94. The van der Waals surface area contributed by atoms with Crippen LogP contribution in [0.25, 0.3) is 0 Å². The van der Waals surface area contributed by atoms with Gasteiger partial charge in [0.25, 0.3) is 0 Å². The maximum absolute atomic E-state index is 8.63. The third-order valence-electron chi connectivity index (χ3n) is 1.33. The fourth-order valence-corrected chi connectivity index (χ4v) is 0.664. The van der Waals surface area contributed by atoms with Crippen molar-refractivity contribution in [3.05, 3.63) is 55.6 Å². The highest BCUT2D eigenvalue weighted by molar-refractivity contribution is 5.18. The van der Waals surface area contributed by atoms with Crippen molar-refractivity contribution in [1.29, 1.82) is 0 Å². The van der Waals surface area contributed by atoms with Crippen LogP contribution >= 0.6 is 0 Å². The summed E-state index contributed by atoms with van der Waals surface area (Å²) in [6.07, 6.45) is 5.90. The van der Waals surface area contributed by atoms with Crippen molar-refractivity contribution in [3.63, 3.8) is 0 Å². The number of unbranched alkanes of at least 4 members (excludes halogenated alkanes) is 1. The molecule has 0 spiro atoms. The van der Waals surface area contributed by atoms with Gasteiger partial charge in [0.05, 0.1) is 0 Å². The summed E-state index contributed by atoms with van der Waals surface area (Å²) >= 11 is 0. The van der Waals surface area contributed by atoms with Crippen LogP contribution in [0.15, 0.2) is 55.6 Å². The number of benzene rings is 1. The lowest BCUT2D eigenvalue weighted by Gasteiger charge is -1.82. The fourth-order valence-electron chi connectivity index (χ4n) is 0.664. The molecule has 1 nitrogen and oxygen atoms in total. The van der Waals surface area contributed by atoms with Crippen molar-refractivity contribution < 1.29 is 5.11 Å². The molecule has 0 saturated heterocycles. The molecule has 1 N–H and O–H groups in total. The summed E-state index contributed by atoms with van der Waals surface area (Å²) in [7, 11) is 0. The first-order valence-electron chi connectivity index (χ1n) is 4.27. The molecule has 0 unspecified atom stereocenters. The summed E-state index contributed by atoms with van der Waals surface area (Å²) in [5.41, 5.74) is 0. The minimum atomic E-state index is 0.322. The van der Waals surface area contributed by atoms with Gasteiger partial charge in [-0.15, -0.1) is 13.2 Å². The van der Waals surface area contributed by atoms with Crippen LogP contribution in [0.2, 0.25) is 0 Å². The Morgan fingerprint density at radius 2 is 1.46 bits per heavy atom. The zero-order valence-corrected chi connectivity index (χ0v) is 7.82. The first kappa shape index (κ1) is 11.5. The Morgan fingerprint density at radius 3 is 1.69 bits per heavy atom. The van der Waals surface area contributed by atoms with Crippen molar-refractivity contribution in [2.24, 2.45) is 0 Å². The van der Waals surface area contributed by atoms with Crippen LogP contribution in [0.3, 0.4) is 0 Å². The summed E-state index contributed by atoms with van der Waals surface area (Å²) in [6, 6.07) is 8.71. The SMILES string of the molecule is C=CCCC=C.Oc1ccccc1. The van der Waals surface area contributed by atoms with E-state index in [2.05, 4.69) is 13.2 Å². The van der Waals surface area contributed by atoms with Gasteiger partial charge >= 0.3 is 0 Å². The van der Waals surface area contributed by atoms with Gasteiger partial charge in [-0.3, -0.25) is 0 Å². The van der Waals surface area contributed by atoms with Crippen LogP contribution < -0.4 is 0 Å². The number of allylic oxidation sites excluding steroid dienone is 2. The number of para-hydroxylation sites is 1. The minimum Gasteiger partial charge on any atom is -0.508 e. The van der Waals surface area contributed by atoms with Crippen LogP contribution in [0.1, 0.15) is 12.8 Å². The number of phenols is 1. The molecule has 0 bridgehead atoms. The second-order valence-electron chi connectivity index (χ2n) is 2.49. The molecule has 0 aliphatic rings. The lowest BCUT2D eigenvalue weighted by atomic mass is 10.3. The van der Waals surface area contributed by atoms with E-state index in [1.807, 2.05) is 18.2 Å². The van der Waals surface area contributed by atoms with E-state index in [-0.39, 0.29) is 0 Å². The molecule has 1 aromatic carbocycles. The van der Waals surface area contributed by atoms with Crippen molar-refractivity contribution in [3.8, 4) is 5.75 Å². The largest absolute Gasteiger partial charge is 0.508 e. The van der Waals surface area contributed by atoms with Crippen LogP contribution in [0, 0.1) is 0 Å². The summed E-state index contributed by atoms with van der Waals surface area (Å²) in [6.45, 7) is 7.10. The van der Waals surface area contributed by atoms with Crippen molar-refractivity contribution in [2.75, 3.05) is 0 Å². The summed E-state index contributed by atoms with van der Waals surface area (Å²) in [4.78, 5) is 0. The maximum atomic E-state index is 8.63. The van der Waals surface area contributed by atoms with E-state index in [0.717, 1.165) is 12.8 Å². The Balaban J connectivity index is 0.000000226. The second kappa shape index (κ2) is 8.60. The highest BCUT2D eigenvalue weighted by Crippen LogP contribution is 2.02. The standard InChI is InChI=1S/C6H6O.C6H10/c7-6-4-2-1-3-5-6;1-3-5-6-4-2/h1-5,7H;3-4H,1-2,5-6H2. The Morgan fingerprint density at radius 1 is 1.00 bits per heavy atom. The summed E-state index contributed by atoms with van der Waals surface area (Å²) < 4.78 is 0. The van der Waals surface area contributed by atoms with Crippen molar-refractivity contribution in [1.82, 2.24) is 0 Å². The van der Waals surface area contributed by atoms with Gasteiger partial charge in [-0.1, -0.05) is 30.4 Å². The number of rotatable bonds is 3. The van der Waals surface area contributed by atoms with Crippen LogP contribution in [-0.4, -0.2) is 5.11 Å². The van der Waals surface area contributed by atoms with Gasteiger partial charge in [0.1, 0.15) is 5.75 Å². The molecule has 1 heteroatoms. The predicted molar refractivity (Wildman–Crippen MR) is 57.7 cm³/mol. The normalized spacial score (nSPS) is 8.00. The second-order valence-corrected chi connectivity index (χ2v) is 2.49. The van der Waals surface area contributed by atoms with Crippen molar-refractivity contribution >= 4 is 0 Å². The maximum Gasteiger partial charge on any atom is 0.115 e. The highest BCUT2D eigenvalue weighted by atomic mass is 16.3. The molecule has 0 atom stereocenters. The van der Waals surface area contributed by atoms with Gasteiger partial charge in [-0.05, 0) is 25.0 Å². The molecule has 0 radical (unpaired) electrons. The van der Waals surface area contributed by atoms with E-state index in [1.54, 1.807) is 24.3 Å². The predicted octanol–water partition coefficient (Wildman–Crippen LogP) is 3.53. The van der Waals surface area contributed by atoms with Gasteiger partial charge in [0, 0.05) is 0 Å². The van der Waals surface area contributed by atoms with Gasteiger partial charge in [0.15, 0.2) is 0 Å². The van der Waals surface area contributed by atoms with Gasteiger partial charge in [0.2, 0.25) is 0 Å². The van der Waals surface area contributed by atoms with E-state index < -0.39 is 0 Å². The quantitative estimate of drug-likeness (QED) is 0.551. The van der Waals surface area contributed by atoms with Crippen LogP contribution in [-0.2, 0) is 0 Å². The molecular weight excluding hydrogens is 160 g/mol. The first-order valence-corrected chi connectivity index (χ1v) is 4.27. The molecule has 1 rings (SSSR count). The molecule has 0 fully saturated rings. The summed E-state index contributed by atoms with van der Waals surface area (Å²) in [5.74, 6) is 0.322. The molecule has 0 aromatic heterocycles. The zero-order valence-electron chi connectivity index (χ0n) is 7.82. The molecule has 0 amide bonds. The smallest absolute Gasteiger partial charge is 0.115 e. The number of aromatic hydroxyl groups is 1. The van der Waals surface area contributed by atoms with E-state index in [9.17, 15) is 0 Å².